The first-order valence-electron chi connectivity index (χ1n) is 8.99. The van der Waals surface area contributed by atoms with Gasteiger partial charge in [-0.05, 0) is 31.5 Å². The van der Waals surface area contributed by atoms with Gasteiger partial charge in [0.25, 0.3) is 0 Å². The van der Waals surface area contributed by atoms with Gasteiger partial charge in [-0.2, -0.15) is 0 Å². The third kappa shape index (κ3) is 6.27. The molecule has 1 heterocycles. The van der Waals surface area contributed by atoms with Crippen LogP contribution in [-0.4, -0.2) is 36.4 Å². The molecule has 0 radical (unpaired) electrons. The number of carbonyl (C=O) groups excluding carboxylic acids is 1. The highest BCUT2D eigenvalue weighted by molar-refractivity contribution is 7.99. The molecule has 1 aliphatic heterocycles. The average molecular weight is 388 g/mol. The maximum absolute atomic E-state index is 12.3. The third-order valence-electron chi connectivity index (χ3n) is 4.17. The van der Waals surface area contributed by atoms with Gasteiger partial charge in [0.05, 0.1) is 12.6 Å². The minimum Gasteiger partial charge on any atom is -0.445 e. The van der Waals surface area contributed by atoms with Crippen molar-refractivity contribution in [1.29, 1.82) is 0 Å². The second-order valence-electron chi connectivity index (χ2n) is 6.80. The summed E-state index contributed by atoms with van der Waals surface area (Å²) in [6, 6.07) is 19.5. The van der Waals surface area contributed by atoms with E-state index in [0.29, 0.717) is 12.4 Å². The van der Waals surface area contributed by atoms with Crippen molar-refractivity contribution in [2.24, 2.45) is 0 Å². The topological polar surface area (TPSA) is 56.8 Å². The van der Waals surface area contributed by atoms with Crippen molar-refractivity contribution in [2.45, 2.75) is 43.3 Å². The molecule has 1 saturated heterocycles. The summed E-state index contributed by atoms with van der Waals surface area (Å²) in [4.78, 5) is 13.5. The third-order valence-corrected chi connectivity index (χ3v) is 5.30. The second-order valence-corrected chi connectivity index (χ2v) is 7.90. The zero-order valence-electron chi connectivity index (χ0n) is 15.6. The van der Waals surface area contributed by atoms with Crippen LogP contribution in [0, 0.1) is 0 Å². The summed E-state index contributed by atoms with van der Waals surface area (Å²) in [6.07, 6.45) is -0.675. The van der Waals surface area contributed by atoms with Crippen LogP contribution in [0.2, 0.25) is 0 Å². The van der Waals surface area contributed by atoms with Crippen molar-refractivity contribution in [2.75, 3.05) is 12.4 Å². The van der Waals surface area contributed by atoms with E-state index >= 15 is 0 Å². The van der Waals surface area contributed by atoms with E-state index in [-0.39, 0.29) is 18.8 Å². The van der Waals surface area contributed by atoms with E-state index in [1.165, 1.54) is 0 Å². The van der Waals surface area contributed by atoms with Gasteiger partial charge in [-0.3, -0.25) is 0 Å². The van der Waals surface area contributed by atoms with Crippen LogP contribution in [0.25, 0.3) is 0 Å². The van der Waals surface area contributed by atoms with Gasteiger partial charge >= 0.3 is 6.09 Å². The number of benzene rings is 2. The normalized spacial score (nSPS) is 19.4. The highest BCUT2D eigenvalue weighted by atomic mass is 32.2. The van der Waals surface area contributed by atoms with Gasteiger partial charge in [-0.1, -0.05) is 48.5 Å². The van der Waals surface area contributed by atoms with Crippen LogP contribution in [0.5, 0.6) is 0 Å². The molecule has 0 unspecified atom stereocenters. The van der Waals surface area contributed by atoms with E-state index in [4.69, 9.17) is 14.2 Å². The Morgan fingerprint density at radius 1 is 1.19 bits per heavy atom. The Kier molecular flexibility index (Phi) is 6.77. The number of rotatable bonds is 7. The number of thioether (sulfide) groups is 1. The highest BCUT2D eigenvalue weighted by Gasteiger charge is 2.38. The van der Waals surface area contributed by atoms with E-state index in [0.717, 1.165) is 10.5 Å². The van der Waals surface area contributed by atoms with Gasteiger partial charge in [-0.15, -0.1) is 11.8 Å². The first kappa shape index (κ1) is 19.7. The molecular weight excluding hydrogens is 362 g/mol. The molecule has 2 atom stereocenters. The predicted molar refractivity (Wildman–Crippen MR) is 106 cm³/mol. The van der Waals surface area contributed by atoms with Crippen molar-refractivity contribution in [1.82, 2.24) is 5.32 Å². The lowest BCUT2D eigenvalue weighted by molar-refractivity contribution is -0.140. The average Bonchev–Trinajstić information content (AvgIpc) is 3.05. The molecule has 0 spiro atoms. The number of nitrogens with one attached hydrogen (secondary N) is 1. The van der Waals surface area contributed by atoms with Crippen LogP contribution in [0.1, 0.15) is 19.4 Å². The molecule has 1 N–H and O–H groups in total. The van der Waals surface area contributed by atoms with Gasteiger partial charge in [0.15, 0.2) is 5.79 Å². The first-order valence-corrected chi connectivity index (χ1v) is 9.97. The van der Waals surface area contributed by atoms with Gasteiger partial charge in [-0.25, -0.2) is 4.79 Å². The summed E-state index contributed by atoms with van der Waals surface area (Å²) in [5.74, 6) is 0.0184. The van der Waals surface area contributed by atoms with Crippen LogP contribution in [0.3, 0.4) is 0 Å². The molecule has 3 rings (SSSR count). The van der Waals surface area contributed by atoms with Gasteiger partial charge in [0.1, 0.15) is 12.7 Å². The smallest absolute Gasteiger partial charge is 0.407 e. The summed E-state index contributed by atoms with van der Waals surface area (Å²) >= 11 is 1.67. The standard InChI is InChI=1S/C21H25NO4S/c1-21(2)25-14-19(26-21)18(15-27-17-11-7-4-8-12-17)22-20(23)24-13-16-9-5-3-6-10-16/h3-12,18-19H,13-15H2,1-2H3,(H,22,23)/t18-,19+/m0/s1. The minimum absolute atomic E-state index is 0.222. The van der Waals surface area contributed by atoms with Crippen LogP contribution < -0.4 is 5.32 Å². The molecule has 1 aliphatic rings. The predicted octanol–water partition coefficient (Wildman–Crippen LogP) is 4.23. The maximum atomic E-state index is 12.3. The Labute approximate surface area is 164 Å². The molecule has 0 bridgehead atoms. The molecule has 27 heavy (non-hydrogen) atoms. The zero-order chi connectivity index (χ0) is 19.1. The van der Waals surface area contributed by atoms with E-state index in [9.17, 15) is 4.79 Å². The quantitative estimate of drug-likeness (QED) is 0.721. The summed E-state index contributed by atoms with van der Waals surface area (Å²) in [5.41, 5.74) is 0.949. The molecular formula is C21H25NO4S. The molecule has 2 aromatic rings. The van der Waals surface area contributed by atoms with Crippen LogP contribution in [-0.2, 0) is 20.8 Å². The summed E-state index contributed by atoms with van der Waals surface area (Å²) in [7, 11) is 0. The van der Waals surface area contributed by atoms with Crippen molar-refractivity contribution in [3.8, 4) is 0 Å². The zero-order valence-corrected chi connectivity index (χ0v) is 16.4. The van der Waals surface area contributed by atoms with Gasteiger partial charge in [0, 0.05) is 10.6 Å². The fourth-order valence-electron chi connectivity index (χ4n) is 2.77. The minimum atomic E-state index is -0.643. The van der Waals surface area contributed by atoms with E-state index in [2.05, 4.69) is 5.32 Å². The number of alkyl carbamates (subject to hydrolysis) is 1. The molecule has 1 amide bonds. The van der Waals surface area contributed by atoms with Gasteiger partial charge < -0.3 is 19.5 Å². The fraction of sp³-hybridized carbons (Fsp3) is 0.381. The fourth-order valence-corrected chi connectivity index (χ4v) is 3.79. The number of carbonyl (C=O) groups is 1. The SMILES string of the molecule is CC1(C)OC[C@H]([C@H](CSc2ccccc2)NC(=O)OCc2ccccc2)O1. The molecule has 144 valence electrons. The molecule has 6 heteroatoms. The van der Waals surface area contributed by atoms with Crippen molar-refractivity contribution < 1.29 is 19.0 Å². The number of hydrogen-bond acceptors (Lipinski definition) is 5. The Balaban J connectivity index is 1.57. The number of hydrogen-bond donors (Lipinski definition) is 1. The first-order chi connectivity index (χ1) is 13.0. The molecule has 2 aromatic carbocycles. The van der Waals surface area contributed by atoms with Crippen LogP contribution >= 0.6 is 11.8 Å². The largest absolute Gasteiger partial charge is 0.445 e. The molecule has 0 aliphatic carbocycles. The molecule has 0 saturated carbocycles. The lowest BCUT2D eigenvalue weighted by Crippen LogP contribution is -2.47. The monoisotopic (exact) mass is 387 g/mol. The maximum Gasteiger partial charge on any atom is 0.407 e. The van der Waals surface area contributed by atoms with Crippen LogP contribution in [0.4, 0.5) is 4.79 Å². The van der Waals surface area contributed by atoms with Crippen molar-refractivity contribution in [3.05, 3.63) is 66.2 Å². The summed E-state index contributed by atoms with van der Waals surface area (Å²) in [5, 5.41) is 2.95. The summed E-state index contributed by atoms with van der Waals surface area (Å²) < 4.78 is 17.0. The highest BCUT2D eigenvalue weighted by Crippen LogP contribution is 2.27. The van der Waals surface area contributed by atoms with E-state index in [1.54, 1.807) is 11.8 Å². The van der Waals surface area contributed by atoms with Crippen molar-refractivity contribution >= 4 is 17.9 Å². The molecule has 5 nitrogen and oxygen atoms in total. The Morgan fingerprint density at radius 3 is 2.48 bits per heavy atom. The Bertz CT molecular complexity index is 723. The van der Waals surface area contributed by atoms with E-state index < -0.39 is 11.9 Å². The Hall–Kier alpha value is -2.02. The molecule has 0 aromatic heterocycles. The van der Waals surface area contributed by atoms with Gasteiger partial charge in [0.2, 0.25) is 0 Å². The summed E-state index contributed by atoms with van der Waals surface area (Å²) in [6.45, 7) is 4.43. The lowest BCUT2D eigenvalue weighted by atomic mass is 10.2. The lowest BCUT2D eigenvalue weighted by Gasteiger charge is -2.24. The molecule has 1 fully saturated rings. The Morgan fingerprint density at radius 2 is 1.85 bits per heavy atom. The van der Waals surface area contributed by atoms with E-state index in [1.807, 2.05) is 74.5 Å². The van der Waals surface area contributed by atoms with Crippen molar-refractivity contribution in [3.63, 3.8) is 0 Å². The number of ether oxygens (including phenoxy) is 3. The number of amides is 1. The van der Waals surface area contributed by atoms with Crippen LogP contribution in [0.15, 0.2) is 65.6 Å². The second kappa shape index (κ2) is 9.26.